The first-order chi connectivity index (χ1) is 17.1. The van der Waals surface area contributed by atoms with Crippen LogP contribution in [0.1, 0.15) is 81.8 Å². The molecule has 0 aromatic heterocycles. The van der Waals surface area contributed by atoms with Crippen molar-refractivity contribution in [1.29, 1.82) is 0 Å². The summed E-state index contributed by atoms with van der Waals surface area (Å²) in [5.41, 5.74) is 3.87. The van der Waals surface area contributed by atoms with Gasteiger partial charge in [-0.1, -0.05) is 25.3 Å². The summed E-state index contributed by atoms with van der Waals surface area (Å²) in [6, 6.07) is 8.21. The van der Waals surface area contributed by atoms with Crippen molar-refractivity contribution in [3.05, 3.63) is 29.3 Å². The second kappa shape index (κ2) is 7.49. The number of benzene rings is 1. The Hall–Kier alpha value is -1.55. The molecule has 8 rings (SSSR count). The van der Waals surface area contributed by atoms with Crippen LogP contribution < -0.4 is 4.74 Å². The third-order valence-corrected chi connectivity index (χ3v) is 12.2. The number of nitrogens with zero attached hydrogens (tertiary/aromatic N) is 2. The standard InChI is InChI=1S/C31H42N2O2/c1-35-24-10-9-22-15-27-30-12-11-26-28(23(17-30)19-33(26)29(34)21-5-3-2-4-6-21)31(30,25(22)16-24)13-14-32(27)18-20-7-8-20/h9-10,16,20-21,23,26-28H,2-8,11-15,17-19H2,1H3/t23-,26?,27?,28?,30?,31?/m1/s1. The summed E-state index contributed by atoms with van der Waals surface area (Å²) >= 11 is 0. The monoisotopic (exact) mass is 474 g/mol. The maximum atomic E-state index is 13.9. The van der Waals surface area contributed by atoms with Crippen LogP contribution in [0.15, 0.2) is 18.2 Å². The van der Waals surface area contributed by atoms with Gasteiger partial charge in [-0.25, -0.2) is 0 Å². The fourth-order valence-electron chi connectivity index (χ4n) is 10.9. The van der Waals surface area contributed by atoms with Crippen molar-refractivity contribution in [3.63, 3.8) is 0 Å². The largest absolute Gasteiger partial charge is 0.497 e. The first-order valence-corrected chi connectivity index (χ1v) is 14.9. The molecular formula is C31H42N2O2. The molecule has 6 fully saturated rings. The molecule has 188 valence electrons. The number of amides is 1. The van der Waals surface area contributed by atoms with Gasteiger partial charge in [-0.3, -0.25) is 9.69 Å². The van der Waals surface area contributed by atoms with E-state index < -0.39 is 0 Å². The van der Waals surface area contributed by atoms with Gasteiger partial charge in [0.15, 0.2) is 0 Å². The van der Waals surface area contributed by atoms with E-state index >= 15 is 0 Å². The summed E-state index contributed by atoms with van der Waals surface area (Å²) in [7, 11) is 1.82. The minimum absolute atomic E-state index is 0.245. The van der Waals surface area contributed by atoms with Crippen LogP contribution in [0.5, 0.6) is 5.75 Å². The molecule has 4 saturated carbocycles. The van der Waals surface area contributed by atoms with Gasteiger partial charge >= 0.3 is 0 Å². The van der Waals surface area contributed by atoms with Gasteiger partial charge in [0, 0.05) is 36.5 Å². The molecule has 1 aromatic rings. The molecule has 5 unspecified atom stereocenters. The van der Waals surface area contributed by atoms with Crippen LogP contribution in [0.3, 0.4) is 0 Å². The molecule has 6 atom stereocenters. The smallest absolute Gasteiger partial charge is 0.225 e. The predicted molar refractivity (Wildman–Crippen MR) is 136 cm³/mol. The molecule has 0 radical (unpaired) electrons. The van der Waals surface area contributed by atoms with Crippen LogP contribution >= 0.6 is 0 Å². The van der Waals surface area contributed by atoms with E-state index in [0.29, 0.717) is 41.2 Å². The molecule has 0 N–H and O–H groups in total. The minimum Gasteiger partial charge on any atom is -0.497 e. The van der Waals surface area contributed by atoms with Crippen LogP contribution in [0.4, 0.5) is 0 Å². The zero-order chi connectivity index (χ0) is 23.4. The topological polar surface area (TPSA) is 32.8 Å². The van der Waals surface area contributed by atoms with Crippen molar-refractivity contribution in [2.45, 2.75) is 94.5 Å². The Kier molecular flexibility index (Phi) is 4.61. The van der Waals surface area contributed by atoms with Crippen LogP contribution in [-0.4, -0.2) is 54.5 Å². The highest BCUT2D eigenvalue weighted by atomic mass is 16.5. The lowest BCUT2D eigenvalue weighted by atomic mass is 9.43. The van der Waals surface area contributed by atoms with Crippen LogP contribution in [0, 0.1) is 29.1 Å². The molecule has 5 aliphatic carbocycles. The van der Waals surface area contributed by atoms with Gasteiger partial charge in [0.1, 0.15) is 5.75 Å². The van der Waals surface area contributed by atoms with Crippen molar-refractivity contribution in [2.24, 2.45) is 29.1 Å². The third-order valence-electron chi connectivity index (χ3n) is 12.2. The molecule has 4 heteroatoms. The SMILES string of the molecule is COc1ccc2c(c1)C13CCN(CC4CC4)C(C2)C12CCC1C3[C@@H](CN1C(=O)C1CCCCC1)C2. The lowest BCUT2D eigenvalue weighted by molar-refractivity contribution is -0.144. The van der Waals surface area contributed by atoms with Gasteiger partial charge in [-0.05, 0) is 111 Å². The van der Waals surface area contributed by atoms with Crippen molar-refractivity contribution < 1.29 is 9.53 Å². The van der Waals surface area contributed by atoms with Gasteiger partial charge in [0.2, 0.25) is 5.91 Å². The first kappa shape index (κ1) is 21.5. The summed E-state index contributed by atoms with van der Waals surface area (Å²) in [6.07, 6.45) is 15.4. The summed E-state index contributed by atoms with van der Waals surface area (Å²) in [5, 5.41) is 0. The van der Waals surface area contributed by atoms with Gasteiger partial charge < -0.3 is 9.64 Å². The summed E-state index contributed by atoms with van der Waals surface area (Å²) in [4.78, 5) is 19.3. The van der Waals surface area contributed by atoms with E-state index in [1.54, 1.807) is 11.1 Å². The zero-order valence-corrected chi connectivity index (χ0v) is 21.5. The molecule has 0 spiro atoms. The molecule has 4 nitrogen and oxygen atoms in total. The molecule has 1 amide bonds. The molecular weight excluding hydrogens is 432 g/mol. The van der Waals surface area contributed by atoms with Crippen molar-refractivity contribution in [2.75, 3.05) is 26.7 Å². The number of carbonyl (C=O) groups is 1. The van der Waals surface area contributed by atoms with Gasteiger partial charge in [-0.15, -0.1) is 0 Å². The normalized spacial score (nSPS) is 42.0. The van der Waals surface area contributed by atoms with E-state index in [-0.39, 0.29) is 5.41 Å². The lowest BCUT2D eigenvalue weighted by Crippen LogP contribution is -2.70. The molecule has 35 heavy (non-hydrogen) atoms. The molecule has 2 aliphatic heterocycles. The Labute approximate surface area is 210 Å². The van der Waals surface area contributed by atoms with Gasteiger partial charge in [0.05, 0.1) is 7.11 Å². The maximum Gasteiger partial charge on any atom is 0.225 e. The van der Waals surface area contributed by atoms with E-state index in [9.17, 15) is 4.79 Å². The molecule has 4 bridgehead atoms. The number of carbonyl (C=O) groups excluding carboxylic acids is 1. The second-order valence-corrected chi connectivity index (χ2v) is 13.5. The van der Waals surface area contributed by atoms with E-state index in [0.717, 1.165) is 31.1 Å². The fourth-order valence-corrected chi connectivity index (χ4v) is 10.9. The van der Waals surface area contributed by atoms with Gasteiger partial charge in [-0.2, -0.15) is 0 Å². The fraction of sp³-hybridized carbons (Fsp3) is 0.774. The number of ether oxygens (including phenoxy) is 1. The average molecular weight is 475 g/mol. The zero-order valence-electron chi connectivity index (χ0n) is 21.5. The van der Waals surface area contributed by atoms with Crippen molar-refractivity contribution >= 4 is 5.91 Å². The van der Waals surface area contributed by atoms with Crippen molar-refractivity contribution in [3.8, 4) is 5.75 Å². The minimum atomic E-state index is 0.245. The van der Waals surface area contributed by atoms with Gasteiger partial charge in [0.25, 0.3) is 0 Å². The van der Waals surface area contributed by atoms with Crippen LogP contribution in [0.2, 0.25) is 0 Å². The lowest BCUT2D eigenvalue weighted by Gasteiger charge is -2.66. The number of likely N-dealkylation sites (tertiary alicyclic amines) is 2. The molecule has 2 saturated heterocycles. The van der Waals surface area contributed by atoms with E-state index in [4.69, 9.17) is 4.74 Å². The van der Waals surface area contributed by atoms with E-state index in [1.165, 1.54) is 77.3 Å². The molecule has 7 aliphatic rings. The second-order valence-electron chi connectivity index (χ2n) is 13.5. The number of hydrogen-bond acceptors (Lipinski definition) is 3. The Morgan fingerprint density at radius 2 is 1.94 bits per heavy atom. The Morgan fingerprint density at radius 3 is 2.74 bits per heavy atom. The Bertz CT molecular complexity index is 1040. The predicted octanol–water partition coefficient (Wildman–Crippen LogP) is 5.18. The highest BCUT2D eigenvalue weighted by Crippen LogP contribution is 2.75. The Morgan fingerprint density at radius 1 is 1.09 bits per heavy atom. The number of piperidine rings is 1. The number of hydrogen-bond donors (Lipinski definition) is 0. The molecule has 2 heterocycles. The Balaban J connectivity index is 1.22. The highest BCUT2D eigenvalue weighted by Gasteiger charge is 2.76. The number of methoxy groups -OCH3 is 1. The maximum absolute atomic E-state index is 13.9. The van der Waals surface area contributed by atoms with Crippen LogP contribution in [0.25, 0.3) is 0 Å². The van der Waals surface area contributed by atoms with E-state index in [1.807, 2.05) is 7.11 Å². The summed E-state index contributed by atoms with van der Waals surface area (Å²) in [5.74, 6) is 4.16. The molecule has 1 aromatic carbocycles. The number of fused-ring (bicyclic) bond motifs is 1. The average Bonchev–Trinajstić information content (AvgIpc) is 3.59. The summed E-state index contributed by atoms with van der Waals surface area (Å²) in [6.45, 7) is 3.63. The van der Waals surface area contributed by atoms with Crippen molar-refractivity contribution in [1.82, 2.24) is 9.80 Å². The van der Waals surface area contributed by atoms with E-state index in [2.05, 4.69) is 28.0 Å². The van der Waals surface area contributed by atoms with Crippen LogP contribution in [-0.2, 0) is 16.6 Å². The third kappa shape index (κ3) is 2.76. The summed E-state index contributed by atoms with van der Waals surface area (Å²) < 4.78 is 5.80. The number of rotatable bonds is 4. The highest BCUT2D eigenvalue weighted by molar-refractivity contribution is 5.80. The quantitative estimate of drug-likeness (QED) is 0.603. The first-order valence-electron chi connectivity index (χ1n) is 14.9.